The fourth-order valence-corrected chi connectivity index (χ4v) is 3.45. The van der Waals surface area contributed by atoms with Gasteiger partial charge in [-0.15, -0.1) is 0 Å². The Morgan fingerprint density at radius 1 is 1.23 bits per heavy atom. The van der Waals surface area contributed by atoms with E-state index in [9.17, 15) is 9.90 Å². The van der Waals surface area contributed by atoms with E-state index >= 15 is 0 Å². The summed E-state index contributed by atoms with van der Waals surface area (Å²) in [6.07, 6.45) is 1.88. The maximum atomic E-state index is 12.3. The van der Waals surface area contributed by atoms with Crippen LogP contribution in [0, 0.1) is 11.3 Å². The number of nitriles is 1. The molecule has 1 fully saturated rings. The molecule has 1 aliphatic heterocycles. The molecule has 3 rings (SSSR count). The number of carbonyl (C=O) groups is 1. The first-order chi connectivity index (χ1) is 14.4. The van der Waals surface area contributed by atoms with Crippen molar-refractivity contribution in [2.45, 2.75) is 38.3 Å². The molecule has 0 aliphatic carbocycles. The Morgan fingerprint density at radius 3 is 2.50 bits per heavy atom. The number of nitrogens with zero attached hydrogens (tertiary/aromatic N) is 1. The minimum absolute atomic E-state index is 0.0820. The van der Waals surface area contributed by atoms with Crippen molar-refractivity contribution in [3.05, 3.63) is 53.6 Å². The molecule has 7 heteroatoms. The maximum absolute atomic E-state index is 12.3. The molecule has 0 radical (unpaired) electrons. The average molecular weight is 409 g/mol. The van der Waals surface area contributed by atoms with Gasteiger partial charge in [0.25, 0.3) is 0 Å². The van der Waals surface area contributed by atoms with E-state index < -0.39 is 11.5 Å². The highest BCUT2D eigenvalue weighted by atomic mass is 16.5. The number of hydrogen-bond donors (Lipinski definition) is 3. The first kappa shape index (κ1) is 21.5. The van der Waals surface area contributed by atoms with E-state index in [1.165, 1.54) is 0 Å². The second-order valence-corrected chi connectivity index (χ2v) is 7.44. The van der Waals surface area contributed by atoms with Crippen molar-refractivity contribution in [1.29, 1.82) is 5.26 Å². The van der Waals surface area contributed by atoms with Crippen molar-refractivity contribution in [2.24, 2.45) is 0 Å². The molecule has 2 aromatic carbocycles. The van der Waals surface area contributed by atoms with Crippen molar-refractivity contribution in [3.8, 4) is 17.6 Å². The zero-order valence-corrected chi connectivity index (χ0v) is 17.3. The highest BCUT2D eigenvalue weighted by Crippen LogP contribution is 2.34. The molecule has 0 saturated carbocycles. The highest BCUT2D eigenvalue weighted by Gasteiger charge is 2.36. The number of rotatable bonds is 8. The third kappa shape index (κ3) is 5.02. The van der Waals surface area contributed by atoms with Crippen LogP contribution in [0.3, 0.4) is 0 Å². The average Bonchev–Trinajstić information content (AvgIpc) is 2.75. The van der Waals surface area contributed by atoms with Gasteiger partial charge in [0, 0.05) is 11.8 Å². The van der Waals surface area contributed by atoms with Gasteiger partial charge in [-0.1, -0.05) is 0 Å². The number of benzene rings is 2. The van der Waals surface area contributed by atoms with Crippen LogP contribution in [0.2, 0.25) is 0 Å². The van der Waals surface area contributed by atoms with Crippen LogP contribution in [0.15, 0.2) is 42.5 Å². The van der Waals surface area contributed by atoms with Crippen LogP contribution in [0.1, 0.15) is 37.8 Å². The summed E-state index contributed by atoms with van der Waals surface area (Å²) < 4.78 is 11.8. The molecule has 1 atom stereocenters. The molecule has 0 bridgehead atoms. The van der Waals surface area contributed by atoms with Crippen molar-refractivity contribution in [1.82, 2.24) is 5.32 Å². The first-order valence-electron chi connectivity index (χ1n) is 10.1. The summed E-state index contributed by atoms with van der Waals surface area (Å²) in [5.74, 6) is 0.123. The minimum atomic E-state index is -1.42. The van der Waals surface area contributed by atoms with Gasteiger partial charge in [0.1, 0.15) is 17.6 Å². The van der Waals surface area contributed by atoms with Gasteiger partial charge in [-0.05, 0) is 81.7 Å². The number of aliphatic carboxylic acids is 1. The number of carboxylic acid groups (broad SMARTS) is 1. The lowest BCUT2D eigenvalue weighted by Gasteiger charge is -2.30. The Kier molecular flexibility index (Phi) is 6.80. The van der Waals surface area contributed by atoms with Crippen molar-refractivity contribution in [2.75, 3.05) is 25.0 Å². The van der Waals surface area contributed by atoms with Gasteiger partial charge in [0.2, 0.25) is 0 Å². The van der Waals surface area contributed by atoms with E-state index in [-0.39, 0.29) is 6.10 Å². The lowest BCUT2D eigenvalue weighted by molar-refractivity contribution is -0.142. The van der Waals surface area contributed by atoms with Crippen LogP contribution in [0.25, 0.3) is 0 Å². The molecule has 1 aliphatic rings. The topological polar surface area (TPSA) is 104 Å². The molecule has 30 heavy (non-hydrogen) atoms. The molecule has 2 aromatic rings. The third-order valence-electron chi connectivity index (χ3n) is 5.19. The third-order valence-corrected chi connectivity index (χ3v) is 5.19. The van der Waals surface area contributed by atoms with Crippen LogP contribution in [0.5, 0.6) is 11.5 Å². The van der Waals surface area contributed by atoms with Crippen molar-refractivity contribution < 1.29 is 19.4 Å². The summed E-state index contributed by atoms with van der Waals surface area (Å²) in [6.45, 7) is 5.74. The zero-order valence-electron chi connectivity index (χ0n) is 17.3. The molecule has 7 nitrogen and oxygen atoms in total. The summed E-state index contributed by atoms with van der Waals surface area (Å²) in [7, 11) is 0. The van der Waals surface area contributed by atoms with E-state index in [1.54, 1.807) is 49.4 Å². The Bertz CT molecular complexity index is 917. The summed E-state index contributed by atoms with van der Waals surface area (Å²) >= 11 is 0. The molecule has 3 N–H and O–H groups in total. The van der Waals surface area contributed by atoms with Crippen LogP contribution < -0.4 is 20.1 Å². The predicted molar refractivity (Wildman–Crippen MR) is 114 cm³/mol. The number of hydrogen-bond acceptors (Lipinski definition) is 6. The first-order valence-corrected chi connectivity index (χ1v) is 10.1. The van der Waals surface area contributed by atoms with Gasteiger partial charge in [0.15, 0.2) is 5.54 Å². The largest absolute Gasteiger partial charge is 0.494 e. The summed E-state index contributed by atoms with van der Waals surface area (Å²) in [4.78, 5) is 12.3. The molecule has 1 heterocycles. The number of nitrogens with one attached hydrogen (secondary N) is 2. The summed E-state index contributed by atoms with van der Waals surface area (Å²) in [5.41, 5.74) is 0.206. The normalized spacial score (nSPS) is 16.2. The second-order valence-electron chi connectivity index (χ2n) is 7.44. The molecule has 0 amide bonds. The van der Waals surface area contributed by atoms with Gasteiger partial charge in [-0.2, -0.15) is 5.26 Å². The number of ether oxygens (including phenoxy) is 2. The lowest BCUT2D eigenvalue weighted by atomic mass is 9.91. The zero-order chi connectivity index (χ0) is 21.6. The second kappa shape index (κ2) is 9.51. The highest BCUT2D eigenvalue weighted by molar-refractivity contribution is 5.84. The molecular weight excluding hydrogens is 382 g/mol. The smallest absolute Gasteiger partial charge is 0.333 e. The molecule has 158 valence electrons. The fraction of sp³-hybridized carbons (Fsp3) is 0.391. The Labute approximate surface area is 176 Å². The van der Waals surface area contributed by atoms with Crippen molar-refractivity contribution in [3.63, 3.8) is 0 Å². The van der Waals surface area contributed by atoms with Gasteiger partial charge >= 0.3 is 5.97 Å². The molecular formula is C23H27N3O4. The lowest BCUT2D eigenvalue weighted by Crippen LogP contribution is -2.40. The number of carboxylic acids is 1. The van der Waals surface area contributed by atoms with Crippen LogP contribution >= 0.6 is 0 Å². The quantitative estimate of drug-likeness (QED) is 0.613. The Hall–Kier alpha value is -3.24. The monoisotopic (exact) mass is 409 g/mol. The number of piperidine rings is 1. The molecule has 0 aromatic heterocycles. The summed E-state index contributed by atoms with van der Waals surface area (Å²) in [6, 6.07) is 14.0. The molecule has 0 spiro atoms. The maximum Gasteiger partial charge on any atom is 0.333 e. The van der Waals surface area contributed by atoms with E-state index in [2.05, 4.69) is 16.7 Å². The molecule has 1 unspecified atom stereocenters. The SMILES string of the molecule is CCOc1cc(OC2CCNCC2)cc(C(C)(Nc2ccc(C#N)cc2)C(=O)O)c1. The van der Waals surface area contributed by atoms with Crippen LogP contribution in [0.4, 0.5) is 5.69 Å². The Morgan fingerprint density at radius 2 is 1.90 bits per heavy atom. The van der Waals surface area contributed by atoms with E-state index in [4.69, 9.17) is 14.7 Å². The van der Waals surface area contributed by atoms with Crippen molar-refractivity contribution >= 4 is 11.7 Å². The van der Waals surface area contributed by atoms with E-state index in [0.29, 0.717) is 34.9 Å². The van der Waals surface area contributed by atoms with Crippen LogP contribution in [-0.4, -0.2) is 36.9 Å². The standard InChI is InChI=1S/C23H27N3O4/c1-3-29-20-12-17(13-21(14-20)30-19-8-10-25-11-9-19)23(2,22(27)28)26-18-6-4-16(15-24)5-7-18/h4-7,12-14,19,25-26H,3,8-11H2,1-2H3,(H,27,28). The van der Waals surface area contributed by atoms with Gasteiger partial charge in [-0.3, -0.25) is 0 Å². The van der Waals surface area contributed by atoms with Gasteiger partial charge < -0.3 is 25.2 Å². The minimum Gasteiger partial charge on any atom is -0.494 e. The predicted octanol–water partition coefficient (Wildman–Crippen LogP) is 3.50. The van der Waals surface area contributed by atoms with E-state index in [0.717, 1.165) is 25.9 Å². The molecule has 1 saturated heterocycles. The summed E-state index contributed by atoms with van der Waals surface area (Å²) in [5, 5.41) is 25.5. The van der Waals surface area contributed by atoms with E-state index in [1.807, 2.05) is 6.92 Å². The van der Waals surface area contributed by atoms with Gasteiger partial charge in [0.05, 0.1) is 18.2 Å². The number of anilines is 1. The van der Waals surface area contributed by atoms with Crippen LogP contribution in [-0.2, 0) is 10.3 Å². The Balaban J connectivity index is 1.94. The van der Waals surface area contributed by atoms with Gasteiger partial charge in [-0.25, -0.2) is 4.79 Å². The fourth-order valence-electron chi connectivity index (χ4n) is 3.45.